The number of hydrogen-bond donors (Lipinski definition) is 2. The van der Waals surface area contributed by atoms with Crippen molar-refractivity contribution in [2.45, 2.75) is 31.3 Å². The molecule has 0 aliphatic heterocycles. The molecule has 26 heavy (non-hydrogen) atoms. The van der Waals surface area contributed by atoms with Gasteiger partial charge >= 0.3 is 0 Å². The van der Waals surface area contributed by atoms with Gasteiger partial charge in [0.05, 0.1) is 13.7 Å². The molecule has 7 nitrogen and oxygen atoms in total. The van der Waals surface area contributed by atoms with Crippen LogP contribution in [0.2, 0.25) is 0 Å². The highest BCUT2D eigenvalue weighted by atomic mass is 16.5. The summed E-state index contributed by atoms with van der Waals surface area (Å²) in [7, 11) is 1.64. The highest BCUT2D eigenvalue weighted by Crippen LogP contribution is 2.34. The van der Waals surface area contributed by atoms with Crippen LogP contribution in [-0.2, 0) is 6.54 Å². The summed E-state index contributed by atoms with van der Waals surface area (Å²) in [6.07, 6.45) is 3.57. The Labute approximate surface area is 151 Å². The molecular weight excluding hydrogens is 330 g/mol. The first-order valence-corrected chi connectivity index (χ1v) is 8.62. The second-order valence-corrected chi connectivity index (χ2v) is 6.52. The lowest BCUT2D eigenvalue weighted by molar-refractivity contribution is 0.345. The number of methoxy groups -OCH3 is 1. The van der Waals surface area contributed by atoms with E-state index < -0.39 is 0 Å². The van der Waals surface area contributed by atoms with Crippen molar-refractivity contribution in [1.29, 1.82) is 0 Å². The zero-order valence-electron chi connectivity index (χ0n) is 14.6. The molecule has 0 atom stereocenters. The number of anilines is 1. The minimum Gasteiger partial charge on any atom is -0.497 e. The van der Waals surface area contributed by atoms with E-state index in [1.54, 1.807) is 13.4 Å². The average Bonchev–Trinajstić information content (AvgIpc) is 3.13. The minimum atomic E-state index is 0.304. The average molecular weight is 351 g/mol. The van der Waals surface area contributed by atoms with Crippen LogP contribution in [0.1, 0.15) is 30.1 Å². The molecule has 0 amide bonds. The summed E-state index contributed by atoms with van der Waals surface area (Å²) in [5, 5.41) is 7.39. The number of nitrogens with one attached hydrogen (secondary N) is 1. The summed E-state index contributed by atoms with van der Waals surface area (Å²) in [5.74, 6) is 2.75. The molecule has 3 N–H and O–H groups in total. The topological polar surface area (TPSA) is 99.1 Å². The van der Waals surface area contributed by atoms with Crippen LogP contribution in [0.4, 0.5) is 5.82 Å². The third kappa shape index (κ3) is 3.52. The Hall–Kier alpha value is -2.93. The molecule has 1 aromatic carbocycles. The lowest BCUT2D eigenvalue weighted by Crippen LogP contribution is -2.35. The first-order chi connectivity index (χ1) is 12.7. The molecule has 2 aromatic heterocycles. The van der Waals surface area contributed by atoms with Crippen LogP contribution in [0.15, 0.2) is 47.2 Å². The van der Waals surface area contributed by atoms with E-state index in [4.69, 9.17) is 15.0 Å². The van der Waals surface area contributed by atoms with Gasteiger partial charge in [-0.25, -0.2) is 9.97 Å². The van der Waals surface area contributed by atoms with Crippen LogP contribution in [-0.4, -0.2) is 28.3 Å². The summed E-state index contributed by atoms with van der Waals surface area (Å²) in [6, 6.07) is 11.9. The predicted octanol–water partition coefficient (Wildman–Crippen LogP) is 2.96. The normalized spacial score (nSPS) is 19.0. The summed E-state index contributed by atoms with van der Waals surface area (Å²) in [6.45, 7) is 0.528. The van der Waals surface area contributed by atoms with Gasteiger partial charge in [0.1, 0.15) is 23.6 Å². The standard InChI is InChI=1S/C19H21N5O2/c1-25-16-4-2-12(3-5-16)18-8-15(24-26-18)10-21-19-9-17(22-11-23-19)13-6-14(20)7-13/h2-5,8-9,11,13-14H,6-7,10,20H2,1H3,(H,21,22,23). The lowest BCUT2D eigenvalue weighted by Gasteiger charge is -2.31. The van der Waals surface area contributed by atoms with E-state index in [1.807, 2.05) is 36.4 Å². The van der Waals surface area contributed by atoms with Gasteiger partial charge in [-0.2, -0.15) is 0 Å². The van der Waals surface area contributed by atoms with Crippen LogP contribution in [0.3, 0.4) is 0 Å². The Morgan fingerprint density at radius 1 is 1.19 bits per heavy atom. The van der Waals surface area contributed by atoms with Crippen molar-refractivity contribution in [1.82, 2.24) is 15.1 Å². The van der Waals surface area contributed by atoms with Gasteiger partial charge in [-0.05, 0) is 37.1 Å². The van der Waals surface area contributed by atoms with Gasteiger partial charge in [-0.15, -0.1) is 0 Å². The molecular formula is C19H21N5O2. The van der Waals surface area contributed by atoms with E-state index in [-0.39, 0.29) is 0 Å². The van der Waals surface area contributed by atoms with E-state index in [2.05, 4.69) is 20.4 Å². The second-order valence-electron chi connectivity index (χ2n) is 6.52. The first kappa shape index (κ1) is 16.5. The van der Waals surface area contributed by atoms with Crippen LogP contribution in [0.25, 0.3) is 11.3 Å². The van der Waals surface area contributed by atoms with Gasteiger partial charge in [-0.3, -0.25) is 0 Å². The second kappa shape index (κ2) is 7.13. The number of hydrogen-bond acceptors (Lipinski definition) is 7. The third-order valence-corrected chi connectivity index (χ3v) is 4.67. The molecule has 0 spiro atoms. The SMILES string of the molecule is COc1ccc(-c2cc(CNc3cc(C4CC(N)C4)ncn3)no2)cc1. The lowest BCUT2D eigenvalue weighted by atomic mass is 9.79. The van der Waals surface area contributed by atoms with Gasteiger partial charge in [0.25, 0.3) is 0 Å². The fourth-order valence-corrected chi connectivity index (χ4v) is 3.06. The summed E-state index contributed by atoms with van der Waals surface area (Å²) < 4.78 is 10.6. The van der Waals surface area contributed by atoms with Crippen molar-refractivity contribution in [3.05, 3.63) is 54.1 Å². The molecule has 0 bridgehead atoms. The number of benzene rings is 1. The number of aromatic nitrogens is 3. The molecule has 4 rings (SSSR count). The van der Waals surface area contributed by atoms with Gasteiger partial charge in [0.2, 0.25) is 0 Å². The monoisotopic (exact) mass is 351 g/mol. The molecule has 0 unspecified atom stereocenters. The van der Waals surface area contributed by atoms with Gasteiger partial charge < -0.3 is 20.3 Å². The van der Waals surface area contributed by atoms with E-state index in [0.29, 0.717) is 18.5 Å². The molecule has 1 fully saturated rings. The van der Waals surface area contributed by atoms with E-state index in [0.717, 1.165) is 47.1 Å². The number of rotatable bonds is 6. The predicted molar refractivity (Wildman–Crippen MR) is 97.8 cm³/mol. The molecule has 1 aliphatic rings. The Morgan fingerprint density at radius 2 is 2.00 bits per heavy atom. The minimum absolute atomic E-state index is 0.304. The fraction of sp³-hybridized carbons (Fsp3) is 0.316. The quantitative estimate of drug-likeness (QED) is 0.704. The van der Waals surface area contributed by atoms with E-state index >= 15 is 0 Å². The first-order valence-electron chi connectivity index (χ1n) is 8.62. The van der Waals surface area contributed by atoms with Crippen LogP contribution in [0.5, 0.6) is 5.75 Å². The van der Waals surface area contributed by atoms with Crippen molar-refractivity contribution in [3.63, 3.8) is 0 Å². The molecule has 0 saturated heterocycles. The molecule has 7 heteroatoms. The van der Waals surface area contributed by atoms with Crippen LogP contribution < -0.4 is 15.8 Å². The van der Waals surface area contributed by atoms with Crippen LogP contribution in [0, 0.1) is 0 Å². The van der Waals surface area contributed by atoms with E-state index in [1.165, 1.54) is 0 Å². The molecule has 134 valence electrons. The maximum Gasteiger partial charge on any atom is 0.167 e. The Balaban J connectivity index is 1.39. The van der Waals surface area contributed by atoms with Crippen molar-refractivity contribution >= 4 is 5.82 Å². The molecule has 3 aromatic rings. The zero-order chi connectivity index (χ0) is 17.9. The maximum atomic E-state index is 5.86. The smallest absolute Gasteiger partial charge is 0.167 e. The van der Waals surface area contributed by atoms with Crippen LogP contribution >= 0.6 is 0 Å². The van der Waals surface area contributed by atoms with Crippen molar-refractivity contribution in [2.75, 3.05) is 12.4 Å². The highest BCUT2D eigenvalue weighted by Gasteiger charge is 2.28. The van der Waals surface area contributed by atoms with Gasteiger partial charge in [0.15, 0.2) is 5.76 Å². The van der Waals surface area contributed by atoms with Gasteiger partial charge in [0, 0.05) is 35.3 Å². The van der Waals surface area contributed by atoms with Crippen molar-refractivity contribution < 1.29 is 9.26 Å². The third-order valence-electron chi connectivity index (χ3n) is 4.67. The number of nitrogens with zero attached hydrogens (tertiary/aromatic N) is 3. The Bertz CT molecular complexity index is 872. The van der Waals surface area contributed by atoms with Crippen molar-refractivity contribution in [2.24, 2.45) is 5.73 Å². The molecule has 0 radical (unpaired) electrons. The Kier molecular flexibility index (Phi) is 4.53. The number of ether oxygens (including phenoxy) is 1. The summed E-state index contributed by atoms with van der Waals surface area (Å²) >= 11 is 0. The van der Waals surface area contributed by atoms with E-state index in [9.17, 15) is 0 Å². The molecule has 1 aliphatic carbocycles. The zero-order valence-corrected chi connectivity index (χ0v) is 14.6. The summed E-state index contributed by atoms with van der Waals surface area (Å²) in [5.41, 5.74) is 8.67. The maximum absolute atomic E-state index is 5.86. The van der Waals surface area contributed by atoms with Crippen molar-refractivity contribution in [3.8, 4) is 17.1 Å². The van der Waals surface area contributed by atoms with Gasteiger partial charge in [-0.1, -0.05) is 5.16 Å². The Morgan fingerprint density at radius 3 is 2.73 bits per heavy atom. The largest absolute Gasteiger partial charge is 0.497 e. The highest BCUT2D eigenvalue weighted by molar-refractivity contribution is 5.58. The number of nitrogens with two attached hydrogens (primary N) is 1. The molecule has 2 heterocycles. The fourth-order valence-electron chi connectivity index (χ4n) is 3.06. The molecule has 1 saturated carbocycles. The summed E-state index contributed by atoms with van der Waals surface area (Å²) in [4.78, 5) is 8.63.